The number of carbonyl (C=O) groups excluding carboxylic acids is 1. The van der Waals surface area contributed by atoms with Crippen LogP contribution in [0.2, 0.25) is 0 Å². The van der Waals surface area contributed by atoms with Gasteiger partial charge in [-0.25, -0.2) is 4.98 Å². The van der Waals surface area contributed by atoms with Gasteiger partial charge in [0.2, 0.25) is 5.43 Å². The number of hydrogen-bond donors (Lipinski definition) is 1. The van der Waals surface area contributed by atoms with Crippen LogP contribution in [0.5, 0.6) is 11.5 Å². The molecule has 150 valence electrons. The summed E-state index contributed by atoms with van der Waals surface area (Å²) in [6.07, 6.45) is 1.59. The Labute approximate surface area is 168 Å². The maximum atomic E-state index is 12.9. The third-order valence-electron chi connectivity index (χ3n) is 5.06. The smallest absolute Gasteiger partial charge is 0.257 e. The van der Waals surface area contributed by atoms with Crippen molar-refractivity contribution in [3.8, 4) is 11.5 Å². The maximum Gasteiger partial charge on any atom is 0.257 e. The molecule has 7 heteroatoms. The maximum absolute atomic E-state index is 12.9. The fourth-order valence-corrected chi connectivity index (χ4v) is 3.45. The van der Waals surface area contributed by atoms with Crippen molar-refractivity contribution in [2.45, 2.75) is 33.4 Å². The lowest BCUT2D eigenvalue weighted by atomic mass is 10.1. The zero-order valence-electron chi connectivity index (χ0n) is 16.7. The third kappa shape index (κ3) is 3.55. The van der Waals surface area contributed by atoms with Crippen LogP contribution < -0.4 is 20.2 Å². The Kier molecular flexibility index (Phi) is 4.96. The van der Waals surface area contributed by atoms with E-state index in [0.717, 1.165) is 11.3 Å². The first-order valence-electron chi connectivity index (χ1n) is 9.69. The molecule has 3 aromatic rings. The van der Waals surface area contributed by atoms with Crippen LogP contribution in [0.4, 0.5) is 0 Å². The lowest BCUT2D eigenvalue weighted by Crippen LogP contribution is -2.32. The van der Waals surface area contributed by atoms with Gasteiger partial charge in [-0.15, -0.1) is 0 Å². The molecule has 1 aliphatic heterocycles. The van der Waals surface area contributed by atoms with Gasteiger partial charge in [0.15, 0.2) is 11.5 Å². The number of aryl methyl sites for hydroxylation is 2. The van der Waals surface area contributed by atoms with Crippen LogP contribution >= 0.6 is 0 Å². The molecule has 1 aliphatic rings. The Morgan fingerprint density at radius 1 is 1.21 bits per heavy atom. The molecule has 0 saturated heterocycles. The molecule has 1 amide bonds. The van der Waals surface area contributed by atoms with E-state index < -0.39 is 5.91 Å². The molecular weight excluding hydrogens is 370 g/mol. The van der Waals surface area contributed by atoms with E-state index in [1.807, 2.05) is 43.5 Å². The highest BCUT2D eigenvalue weighted by atomic mass is 16.6. The third-order valence-corrected chi connectivity index (χ3v) is 5.06. The fourth-order valence-electron chi connectivity index (χ4n) is 3.45. The van der Waals surface area contributed by atoms with E-state index in [-0.39, 0.29) is 17.0 Å². The summed E-state index contributed by atoms with van der Waals surface area (Å²) in [6.45, 7) is 7.32. The molecule has 0 spiro atoms. The first-order chi connectivity index (χ1) is 14.0. The Hall–Kier alpha value is -3.35. The molecule has 0 saturated carbocycles. The molecule has 1 aromatic carbocycles. The van der Waals surface area contributed by atoms with Gasteiger partial charge < -0.3 is 19.4 Å². The Balaban J connectivity index is 1.64. The van der Waals surface area contributed by atoms with E-state index in [4.69, 9.17) is 9.47 Å². The molecule has 4 rings (SSSR count). The van der Waals surface area contributed by atoms with Crippen LogP contribution in [-0.2, 0) is 6.54 Å². The molecule has 29 heavy (non-hydrogen) atoms. The number of pyridine rings is 2. The Bertz CT molecular complexity index is 1150. The number of nitrogens with one attached hydrogen (secondary N) is 1. The summed E-state index contributed by atoms with van der Waals surface area (Å²) in [5.74, 6) is 0.944. The van der Waals surface area contributed by atoms with Gasteiger partial charge in [0.25, 0.3) is 5.91 Å². The summed E-state index contributed by atoms with van der Waals surface area (Å²) >= 11 is 0. The van der Waals surface area contributed by atoms with E-state index in [1.165, 1.54) is 0 Å². The van der Waals surface area contributed by atoms with E-state index >= 15 is 0 Å². The van der Waals surface area contributed by atoms with Gasteiger partial charge in [0.05, 0.1) is 11.4 Å². The van der Waals surface area contributed by atoms with Gasteiger partial charge in [0, 0.05) is 18.4 Å². The summed E-state index contributed by atoms with van der Waals surface area (Å²) in [5, 5.41) is 3.36. The first kappa shape index (κ1) is 19.0. The standard InChI is InChI=1S/C22H23N3O4/c1-4-25-12-17(20(26)16-7-5-13(2)23-21(16)25)22(27)24-14(3)15-6-8-18-19(11-15)29-10-9-28-18/h5-8,11-12,14H,4,9-10H2,1-3H3,(H,24,27)/t14-/m1/s1. The number of nitrogens with zero attached hydrogens (tertiary/aromatic N) is 2. The zero-order valence-corrected chi connectivity index (χ0v) is 16.7. The van der Waals surface area contributed by atoms with Crippen LogP contribution in [0.25, 0.3) is 11.0 Å². The SMILES string of the molecule is CCn1cc(C(=O)N[C@H](C)c2ccc3c(c2)OCCO3)c(=O)c2ccc(C)nc21. The van der Waals surface area contributed by atoms with Gasteiger partial charge in [-0.1, -0.05) is 6.07 Å². The van der Waals surface area contributed by atoms with Crippen LogP contribution in [0.15, 0.2) is 41.3 Å². The van der Waals surface area contributed by atoms with Crippen LogP contribution in [0.3, 0.4) is 0 Å². The van der Waals surface area contributed by atoms with Crippen LogP contribution in [0.1, 0.15) is 41.5 Å². The monoisotopic (exact) mass is 393 g/mol. The van der Waals surface area contributed by atoms with Crippen molar-refractivity contribution >= 4 is 16.9 Å². The minimum atomic E-state index is -0.415. The number of benzene rings is 1. The van der Waals surface area contributed by atoms with Crippen molar-refractivity contribution in [1.82, 2.24) is 14.9 Å². The van der Waals surface area contributed by atoms with Crippen LogP contribution in [0, 0.1) is 6.92 Å². The quantitative estimate of drug-likeness (QED) is 0.737. The zero-order chi connectivity index (χ0) is 20.5. The molecule has 0 bridgehead atoms. The first-order valence-corrected chi connectivity index (χ1v) is 9.69. The molecule has 1 N–H and O–H groups in total. The van der Waals surface area contributed by atoms with Gasteiger partial charge in [-0.2, -0.15) is 0 Å². The average molecular weight is 393 g/mol. The van der Waals surface area contributed by atoms with Crippen molar-refractivity contribution in [1.29, 1.82) is 0 Å². The van der Waals surface area contributed by atoms with Crippen molar-refractivity contribution in [3.63, 3.8) is 0 Å². The summed E-state index contributed by atoms with van der Waals surface area (Å²) in [4.78, 5) is 30.3. The lowest BCUT2D eigenvalue weighted by Gasteiger charge is -2.21. The average Bonchev–Trinajstić information content (AvgIpc) is 2.73. The molecule has 0 aliphatic carbocycles. The predicted molar refractivity (Wildman–Crippen MR) is 110 cm³/mol. The normalized spacial score (nSPS) is 13.9. The predicted octanol–water partition coefficient (Wildman–Crippen LogP) is 2.99. The second-order valence-corrected chi connectivity index (χ2v) is 7.08. The van der Waals surface area contributed by atoms with Gasteiger partial charge in [0.1, 0.15) is 24.4 Å². The van der Waals surface area contributed by atoms with Crippen molar-refractivity contribution in [3.05, 3.63) is 63.6 Å². The van der Waals surface area contributed by atoms with Crippen molar-refractivity contribution < 1.29 is 14.3 Å². The number of hydrogen-bond acceptors (Lipinski definition) is 5. The van der Waals surface area contributed by atoms with Gasteiger partial charge in [-0.05, 0) is 50.6 Å². The van der Waals surface area contributed by atoms with E-state index in [2.05, 4.69) is 10.3 Å². The lowest BCUT2D eigenvalue weighted by molar-refractivity contribution is 0.0938. The molecule has 7 nitrogen and oxygen atoms in total. The largest absolute Gasteiger partial charge is 0.486 e. The highest BCUT2D eigenvalue weighted by Gasteiger charge is 2.20. The number of carbonyl (C=O) groups is 1. The Morgan fingerprint density at radius 3 is 2.72 bits per heavy atom. The number of fused-ring (bicyclic) bond motifs is 2. The Morgan fingerprint density at radius 2 is 1.97 bits per heavy atom. The van der Waals surface area contributed by atoms with Crippen LogP contribution in [-0.4, -0.2) is 28.7 Å². The van der Waals surface area contributed by atoms with E-state index in [0.29, 0.717) is 42.3 Å². The summed E-state index contributed by atoms with van der Waals surface area (Å²) in [7, 11) is 0. The number of rotatable bonds is 4. The topological polar surface area (TPSA) is 82.5 Å². The minimum absolute atomic E-state index is 0.106. The number of aromatic nitrogens is 2. The highest BCUT2D eigenvalue weighted by Crippen LogP contribution is 2.32. The second-order valence-electron chi connectivity index (χ2n) is 7.08. The molecule has 3 heterocycles. The molecule has 0 radical (unpaired) electrons. The second kappa shape index (κ2) is 7.58. The van der Waals surface area contributed by atoms with E-state index in [1.54, 1.807) is 18.3 Å². The molecule has 1 atom stereocenters. The fraction of sp³-hybridized carbons (Fsp3) is 0.318. The van der Waals surface area contributed by atoms with Crippen molar-refractivity contribution in [2.75, 3.05) is 13.2 Å². The molecular formula is C22H23N3O4. The minimum Gasteiger partial charge on any atom is -0.486 e. The van der Waals surface area contributed by atoms with E-state index in [9.17, 15) is 9.59 Å². The summed E-state index contributed by atoms with van der Waals surface area (Å²) < 4.78 is 13.0. The van der Waals surface area contributed by atoms with Gasteiger partial charge >= 0.3 is 0 Å². The summed E-state index contributed by atoms with van der Waals surface area (Å²) in [5.41, 5.74) is 2.08. The number of amides is 1. The molecule has 0 unspecified atom stereocenters. The van der Waals surface area contributed by atoms with Gasteiger partial charge in [-0.3, -0.25) is 9.59 Å². The summed E-state index contributed by atoms with van der Waals surface area (Å²) in [6, 6.07) is 8.78. The van der Waals surface area contributed by atoms with Crippen molar-refractivity contribution in [2.24, 2.45) is 0 Å². The molecule has 2 aromatic heterocycles. The molecule has 0 fully saturated rings. The highest BCUT2D eigenvalue weighted by molar-refractivity contribution is 5.97. The number of ether oxygens (including phenoxy) is 2.